The van der Waals surface area contributed by atoms with Gasteiger partial charge in [0.15, 0.2) is 11.2 Å². The van der Waals surface area contributed by atoms with Crippen molar-refractivity contribution in [1.82, 2.24) is 18.7 Å². The Hall–Kier alpha value is -2.58. The van der Waals surface area contributed by atoms with Gasteiger partial charge in [0.2, 0.25) is 0 Å². The minimum atomic E-state index is -0.360. The maximum absolute atomic E-state index is 12.5. The van der Waals surface area contributed by atoms with Gasteiger partial charge in [-0.1, -0.05) is 18.2 Å². The lowest BCUT2D eigenvalue weighted by Gasteiger charge is -2.13. The van der Waals surface area contributed by atoms with Crippen molar-refractivity contribution in [3.8, 4) is 5.75 Å². The van der Waals surface area contributed by atoms with Crippen molar-refractivity contribution in [1.29, 1.82) is 0 Å². The van der Waals surface area contributed by atoms with Crippen molar-refractivity contribution in [3.05, 3.63) is 57.0 Å². The van der Waals surface area contributed by atoms with E-state index in [1.165, 1.54) is 17.2 Å². The Morgan fingerprint density at radius 1 is 1.17 bits per heavy atom. The number of nitrogens with zero attached hydrogens (tertiary/aromatic N) is 4. The highest BCUT2D eigenvalue weighted by molar-refractivity contribution is 5.69. The predicted octanol–water partition coefficient (Wildman–Crippen LogP) is -2.97. The molecule has 1 aromatic carbocycles. The standard InChI is InChI=1S/C20H27N5O3.ClH/c1-14(12-15-8-5-6-9-16(15)28-4)21-10-7-11-25-13-22-18-17(25)19(26)24(3)20(27)23(18)2;/h5-6,8-9,13-14,21H,7,10-12H2,1-4H3;1H. The molecule has 0 fully saturated rings. The summed E-state index contributed by atoms with van der Waals surface area (Å²) in [6.45, 7) is 3.81. The third kappa shape index (κ3) is 4.71. The Kier molecular flexibility index (Phi) is 7.64. The van der Waals surface area contributed by atoms with Crippen molar-refractivity contribution in [3.63, 3.8) is 0 Å². The molecule has 9 heteroatoms. The second-order valence-corrected chi connectivity index (χ2v) is 7.19. The number of ether oxygens (including phenoxy) is 1. The molecule has 158 valence electrons. The van der Waals surface area contributed by atoms with Crippen LogP contribution in [0.1, 0.15) is 18.9 Å². The molecule has 0 spiro atoms. The van der Waals surface area contributed by atoms with Crippen LogP contribution >= 0.6 is 0 Å². The number of imidazole rings is 1. The van der Waals surface area contributed by atoms with Gasteiger partial charge in [0.1, 0.15) is 5.75 Å². The summed E-state index contributed by atoms with van der Waals surface area (Å²) in [6, 6.07) is 8.51. The van der Waals surface area contributed by atoms with Gasteiger partial charge in [-0.2, -0.15) is 0 Å². The molecule has 0 aliphatic carbocycles. The van der Waals surface area contributed by atoms with E-state index in [9.17, 15) is 9.59 Å². The van der Waals surface area contributed by atoms with Crippen LogP contribution in [0, 0.1) is 0 Å². The molecule has 2 aromatic heterocycles. The zero-order chi connectivity index (χ0) is 20.3. The van der Waals surface area contributed by atoms with E-state index in [0.29, 0.717) is 23.8 Å². The SMILES string of the molecule is COc1ccccc1CC(C)[NH2+]CCCn1cnc2c1c(=O)n(C)c(=O)n2C.[Cl-]. The van der Waals surface area contributed by atoms with E-state index < -0.39 is 0 Å². The van der Waals surface area contributed by atoms with Crippen LogP contribution < -0.4 is 33.7 Å². The van der Waals surface area contributed by atoms with E-state index in [1.54, 1.807) is 20.5 Å². The highest BCUT2D eigenvalue weighted by atomic mass is 35.5. The summed E-state index contributed by atoms with van der Waals surface area (Å²) in [5.41, 5.74) is 1.46. The number of fused-ring (bicyclic) bond motifs is 1. The van der Waals surface area contributed by atoms with Crippen LogP contribution in [0.25, 0.3) is 11.2 Å². The van der Waals surface area contributed by atoms with Crippen molar-refractivity contribution in [2.24, 2.45) is 14.1 Å². The van der Waals surface area contributed by atoms with Gasteiger partial charge in [-0.05, 0) is 18.6 Å². The van der Waals surface area contributed by atoms with Crippen LogP contribution in [0.2, 0.25) is 0 Å². The Bertz CT molecular complexity index is 1090. The molecule has 0 aliphatic rings. The van der Waals surface area contributed by atoms with Crippen LogP contribution in [-0.4, -0.2) is 38.4 Å². The summed E-state index contributed by atoms with van der Waals surface area (Å²) in [5, 5.41) is 2.30. The number of aromatic nitrogens is 4. The monoisotopic (exact) mass is 421 g/mol. The lowest BCUT2D eigenvalue weighted by Crippen LogP contribution is -3.00. The quantitative estimate of drug-likeness (QED) is 0.393. The zero-order valence-electron chi connectivity index (χ0n) is 17.3. The van der Waals surface area contributed by atoms with Gasteiger partial charge in [0, 0.05) is 33.5 Å². The van der Waals surface area contributed by atoms with E-state index in [1.807, 2.05) is 22.8 Å². The lowest BCUT2D eigenvalue weighted by atomic mass is 10.1. The number of benzene rings is 1. The van der Waals surface area contributed by atoms with E-state index in [-0.39, 0.29) is 23.7 Å². The first-order chi connectivity index (χ1) is 13.4. The third-order valence-corrected chi connectivity index (χ3v) is 5.12. The fourth-order valence-corrected chi connectivity index (χ4v) is 3.53. The number of aryl methyl sites for hydroxylation is 2. The summed E-state index contributed by atoms with van der Waals surface area (Å²) in [4.78, 5) is 28.7. The number of hydrogen-bond donors (Lipinski definition) is 1. The van der Waals surface area contributed by atoms with E-state index in [0.717, 1.165) is 29.7 Å². The van der Waals surface area contributed by atoms with Crippen LogP contribution in [0.3, 0.4) is 0 Å². The second kappa shape index (κ2) is 9.76. The Balaban J connectivity index is 0.00000300. The average Bonchev–Trinajstić information content (AvgIpc) is 3.12. The number of quaternary nitrogens is 1. The Labute approximate surface area is 175 Å². The second-order valence-electron chi connectivity index (χ2n) is 7.19. The molecule has 1 unspecified atom stereocenters. The van der Waals surface area contributed by atoms with Crippen LogP contribution in [0.15, 0.2) is 40.2 Å². The minimum Gasteiger partial charge on any atom is -1.00 e. The summed E-state index contributed by atoms with van der Waals surface area (Å²) in [6.07, 6.45) is 3.47. The van der Waals surface area contributed by atoms with Crippen LogP contribution in [0.5, 0.6) is 5.75 Å². The van der Waals surface area contributed by atoms with Gasteiger partial charge in [-0.25, -0.2) is 9.78 Å². The molecule has 2 N–H and O–H groups in total. The molecule has 2 heterocycles. The summed E-state index contributed by atoms with van der Waals surface area (Å²) in [5.74, 6) is 0.925. The predicted molar refractivity (Wildman–Crippen MR) is 108 cm³/mol. The third-order valence-electron chi connectivity index (χ3n) is 5.12. The fraction of sp³-hybridized carbons (Fsp3) is 0.450. The van der Waals surface area contributed by atoms with Crippen molar-refractivity contribution >= 4 is 11.2 Å². The van der Waals surface area contributed by atoms with E-state index in [4.69, 9.17) is 4.74 Å². The van der Waals surface area contributed by atoms with Gasteiger partial charge in [-0.3, -0.25) is 13.9 Å². The van der Waals surface area contributed by atoms with E-state index in [2.05, 4.69) is 23.3 Å². The molecule has 0 saturated carbocycles. The zero-order valence-corrected chi connectivity index (χ0v) is 18.0. The van der Waals surface area contributed by atoms with Gasteiger partial charge < -0.3 is 27.0 Å². The minimum absolute atomic E-state index is 0. The normalized spacial score (nSPS) is 12.0. The topological polar surface area (TPSA) is 87.7 Å². The number of rotatable bonds is 8. The molecule has 0 radical (unpaired) electrons. The van der Waals surface area contributed by atoms with Crippen molar-refractivity contribution in [2.75, 3.05) is 13.7 Å². The molecule has 0 saturated heterocycles. The largest absolute Gasteiger partial charge is 1.00 e. The smallest absolute Gasteiger partial charge is 0.332 e. The fourth-order valence-electron chi connectivity index (χ4n) is 3.53. The summed E-state index contributed by atoms with van der Waals surface area (Å²) in [7, 11) is 4.83. The molecule has 0 amide bonds. The maximum atomic E-state index is 12.5. The van der Waals surface area contributed by atoms with Gasteiger partial charge in [-0.15, -0.1) is 0 Å². The lowest BCUT2D eigenvalue weighted by molar-refractivity contribution is -0.686. The Morgan fingerprint density at radius 3 is 2.62 bits per heavy atom. The first-order valence-electron chi connectivity index (χ1n) is 9.50. The average molecular weight is 422 g/mol. The van der Waals surface area contributed by atoms with Crippen LogP contribution in [0.4, 0.5) is 0 Å². The molecule has 0 aliphatic heterocycles. The molecule has 8 nitrogen and oxygen atoms in total. The number of halogens is 1. The number of nitrogens with two attached hydrogens (primary N) is 1. The van der Waals surface area contributed by atoms with Gasteiger partial charge in [0.05, 0.1) is 26.0 Å². The first kappa shape index (κ1) is 22.7. The molecule has 3 aromatic rings. The molecule has 3 rings (SSSR count). The summed E-state index contributed by atoms with van der Waals surface area (Å²) >= 11 is 0. The van der Waals surface area contributed by atoms with E-state index >= 15 is 0 Å². The summed E-state index contributed by atoms with van der Waals surface area (Å²) < 4.78 is 9.80. The highest BCUT2D eigenvalue weighted by Gasteiger charge is 2.14. The van der Waals surface area contributed by atoms with Crippen molar-refractivity contribution in [2.45, 2.75) is 32.4 Å². The molecule has 1 atom stereocenters. The molecule has 0 bridgehead atoms. The maximum Gasteiger partial charge on any atom is 0.332 e. The van der Waals surface area contributed by atoms with Gasteiger partial charge >= 0.3 is 5.69 Å². The molecule has 29 heavy (non-hydrogen) atoms. The highest BCUT2D eigenvalue weighted by Crippen LogP contribution is 2.18. The van der Waals surface area contributed by atoms with Gasteiger partial charge in [0.25, 0.3) is 5.56 Å². The number of methoxy groups -OCH3 is 1. The number of hydrogen-bond acceptors (Lipinski definition) is 4. The van der Waals surface area contributed by atoms with Crippen LogP contribution in [-0.2, 0) is 27.1 Å². The van der Waals surface area contributed by atoms with Crippen molar-refractivity contribution < 1.29 is 22.5 Å². The molecular weight excluding hydrogens is 394 g/mol. The molecular formula is C20H28ClN5O3. The Morgan fingerprint density at radius 2 is 1.90 bits per heavy atom. The number of para-hydroxylation sites is 1. The first-order valence-corrected chi connectivity index (χ1v) is 9.50.